The van der Waals surface area contributed by atoms with Crippen LogP contribution in [0.2, 0.25) is 0 Å². The molecule has 19 heavy (non-hydrogen) atoms. The Kier molecular flexibility index (Phi) is 4.56. The Morgan fingerprint density at radius 3 is 2.47 bits per heavy atom. The van der Waals surface area contributed by atoms with E-state index in [4.69, 9.17) is 5.26 Å². The van der Waals surface area contributed by atoms with Gasteiger partial charge in [-0.25, -0.2) is 4.39 Å². The standard InChI is InChI=1S/C14H9Br2FN2/c15-11-2-1-3-12(16)14(11)19-8-10-6-9(7-18)4-5-13(10)17/h1-6,19H,8H2. The van der Waals surface area contributed by atoms with E-state index in [0.717, 1.165) is 14.6 Å². The summed E-state index contributed by atoms with van der Waals surface area (Å²) in [5, 5.41) is 12.0. The molecule has 0 aliphatic carbocycles. The molecule has 1 N–H and O–H groups in total. The molecule has 2 aromatic rings. The minimum atomic E-state index is -0.324. The number of benzene rings is 2. The molecule has 0 aliphatic rings. The molecule has 0 spiro atoms. The van der Waals surface area contributed by atoms with E-state index in [1.165, 1.54) is 12.1 Å². The van der Waals surface area contributed by atoms with Crippen molar-refractivity contribution in [1.29, 1.82) is 5.26 Å². The second-order valence-electron chi connectivity index (χ2n) is 3.87. The first-order valence-electron chi connectivity index (χ1n) is 5.48. The maximum atomic E-state index is 13.6. The van der Waals surface area contributed by atoms with Crippen LogP contribution in [0.3, 0.4) is 0 Å². The van der Waals surface area contributed by atoms with Crippen LogP contribution < -0.4 is 5.32 Å². The van der Waals surface area contributed by atoms with Gasteiger partial charge in [0.15, 0.2) is 0 Å². The van der Waals surface area contributed by atoms with Gasteiger partial charge in [-0.3, -0.25) is 0 Å². The molecular weight excluding hydrogens is 375 g/mol. The lowest BCUT2D eigenvalue weighted by molar-refractivity contribution is 0.612. The predicted octanol–water partition coefficient (Wildman–Crippen LogP) is 4.83. The highest BCUT2D eigenvalue weighted by atomic mass is 79.9. The van der Waals surface area contributed by atoms with Gasteiger partial charge >= 0.3 is 0 Å². The second-order valence-corrected chi connectivity index (χ2v) is 5.58. The summed E-state index contributed by atoms with van der Waals surface area (Å²) in [6.07, 6.45) is 0. The third kappa shape index (κ3) is 3.34. The summed E-state index contributed by atoms with van der Waals surface area (Å²) >= 11 is 6.86. The van der Waals surface area contributed by atoms with Crippen LogP contribution >= 0.6 is 31.9 Å². The molecule has 2 rings (SSSR count). The monoisotopic (exact) mass is 382 g/mol. The minimum absolute atomic E-state index is 0.308. The normalized spacial score (nSPS) is 10.0. The van der Waals surface area contributed by atoms with Crippen molar-refractivity contribution in [2.24, 2.45) is 0 Å². The lowest BCUT2D eigenvalue weighted by atomic mass is 10.1. The Hall–Kier alpha value is -1.38. The average Bonchev–Trinajstić information content (AvgIpc) is 2.40. The lowest BCUT2D eigenvalue weighted by Crippen LogP contribution is -2.03. The SMILES string of the molecule is N#Cc1ccc(F)c(CNc2c(Br)cccc2Br)c1. The Morgan fingerprint density at radius 2 is 1.84 bits per heavy atom. The summed E-state index contributed by atoms with van der Waals surface area (Å²) in [4.78, 5) is 0. The molecule has 0 saturated carbocycles. The van der Waals surface area contributed by atoms with Gasteiger partial charge in [-0.15, -0.1) is 0 Å². The zero-order valence-corrected chi connectivity index (χ0v) is 12.9. The number of hydrogen-bond donors (Lipinski definition) is 1. The van der Waals surface area contributed by atoms with Gasteiger partial charge in [0.2, 0.25) is 0 Å². The summed E-state index contributed by atoms with van der Waals surface area (Å²) in [5.41, 5.74) is 1.76. The van der Waals surface area contributed by atoms with Gasteiger partial charge in [0.25, 0.3) is 0 Å². The smallest absolute Gasteiger partial charge is 0.128 e. The van der Waals surface area contributed by atoms with Crippen LogP contribution in [0.4, 0.5) is 10.1 Å². The van der Waals surface area contributed by atoms with Crippen molar-refractivity contribution < 1.29 is 4.39 Å². The zero-order chi connectivity index (χ0) is 13.8. The van der Waals surface area contributed by atoms with Crippen molar-refractivity contribution in [3.8, 4) is 6.07 Å². The number of rotatable bonds is 3. The van der Waals surface area contributed by atoms with E-state index < -0.39 is 0 Å². The van der Waals surface area contributed by atoms with E-state index in [0.29, 0.717) is 17.7 Å². The fourth-order valence-electron chi connectivity index (χ4n) is 1.63. The number of halogens is 3. The van der Waals surface area contributed by atoms with Crippen LogP contribution in [-0.2, 0) is 6.54 Å². The van der Waals surface area contributed by atoms with Gasteiger partial charge in [0.1, 0.15) is 5.82 Å². The number of nitrogens with one attached hydrogen (secondary N) is 1. The van der Waals surface area contributed by atoms with E-state index in [2.05, 4.69) is 37.2 Å². The van der Waals surface area contributed by atoms with Crippen LogP contribution in [0.15, 0.2) is 45.3 Å². The Labute approximate surface area is 127 Å². The van der Waals surface area contributed by atoms with Crippen molar-refractivity contribution >= 4 is 37.5 Å². The van der Waals surface area contributed by atoms with Gasteiger partial charge in [0, 0.05) is 21.1 Å². The Morgan fingerprint density at radius 1 is 1.16 bits per heavy atom. The average molecular weight is 384 g/mol. The Balaban J connectivity index is 2.22. The molecule has 0 bridgehead atoms. The van der Waals surface area contributed by atoms with E-state index >= 15 is 0 Å². The van der Waals surface area contributed by atoms with E-state index in [9.17, 15) is 4.39 Å². The summed E-state index contributed by atoms with van der Waals surface area (Å²) < 4.78 is 15.4. The van der Waals surface area contributed by atoms with E-state index in [-0.39, 0.29) is 5.82 Å². The lowest BCUT2D eigenvalue weighted by Gasteiger charge is -2.11. The largest absolute Gasteiger partial charge is 0.379 e. The van der Waals surface area contributed by atoms with Gasteiger partial charge in [-0.2, -0.15) is 5.26 Å². The molecule has 0 fully saturated rings. The molecular formula is C14H9Br2FN2. The molecule has 0 unspecified atom stereocenters. The summed E-state index contributed by atoms with van der Waals surface area (Å²) in [6, 6.07) is 12.0. The quantitative estimate of drug-likeness (QED) is 0.823. The number of para-hydroxylation sites is 1. The van der Waals surface area contributed by atoms with Crippen LogP contribution in [0.1, 0.15) is 11.1 Å². The molecule has 0 aromatic heterocycles. The molecule has 0 radical (unpaired) electrons. The predicted molar refractivity (Wildman–Crippen MR) is 80.3 cm³/mol. The highest BCUT2D eigenvalue weighted by Gasteiger charge is 2.07. The fourth-order valence-corrected chi connectivity index (χ4v) is 2.91. The van der Waals surface area contributed by atoms with Crippen LogP contribution in [0.25, 0.3) is 0 Å². The molecule has 2 nitrogen and oxygen atoms in total. The maximum Gasteiger partial charge on any atom is 0.128 e. The van der Waals surface area contributed by atoms with E-state index in [1.54, 1.807) is 6.07 Å². The molecule has 96 valence electrons. The Bertz CT molecular complexity index is 630. The van der Waals surface area contributed by atoms with Gasteiger partial charge < -0.3 is 5.32 Å². The number of nitrogens with zero attached hydrogens (tertiary/aromatic N) is 1. The van der Waals surface area contributed by atoms with E-state index in [1.807, 2.05) is 24.3 Å². The third-order valence-electron chi connectivity index (χ3n) is 2.59. The molecule has 0 aliphatic heterocycles. The van der Waals surface area contributed by atoms with Crippen LogP contribution in [0, 0.1) is 17.1 Å². The first-order valence-corrected chi connectivity index (χ1v) is 7.07. The highest BCUT2D eigenvalue weighted by molar-refractivity contribution is 9.11. The van der Waals surface area contributed by atoms with Gasteiger partial charge in [-0.1, -0.05) is 6.07 Å². The summed E-state index contributed by atoms with van der Waals surface area (Å²) in [7, 11) is 0. The molecule has 0 atom stereocenters. The van der Waals surface area contributed by atoms with Crippen molar-refractivity contribution in [1.82, 2.24) is 0 Å². The maximum absolute atomic E-state index is 13.6. The zero-order valence-electron chi connectivity index (χ0n) is 9.75. The molecule has 0 heterocycles. The molecule has 5 heteroatoms. The topological polar surface area (TPSA) is 35.8 Å². The molecule has 0 saturated heterocycles. The third-order valence-corrected chi connectivity index (χ3v) is 3.91. The van der Waals surface area contributed by atoms with Gasteiger partial charge in [0.05, 0.1) is 17.3 Å². The van der Waals surface area contributed by atoms with Crippen molar-refractivity contribution in [3.05, 3.63) is 62.3 Å². The molecule has 2 aromatic carbocycles. The molecule has 0 amide bonds. The van der Waals surface area contributed by atoms with Crippen molar-refractivity contribution in [3.63, 3.8) is 0 Å². The van der Waals surface area contributed by atoms with Crippen molar-refractivity contribution in [2.45, 2.75) is 6.54 Å². The summed E-state index contributed by atoms with van der Waals surface area (Å²) in [5.74, 6) is -0.324. The van der Waals surface area contributed by atoms with Crippen LogP contribution in [0.5, 0.6) is 0 Å². The second kappa shape index (κ2) is 6.18. The summed E-state index contributed by atoms with van der Waals surface area (Å²) in [6.45, 7) is 0.308. The highest BCUT2D eigenvalue weighted by Crippen LogP contribution is 2.31. The first-order chi connectivity index (χ1) is 9.11. The number of anilines is 1. The number of hydrogen-bond acceptors (Lipinski definition) is 2. The van der Waals surface area contributed by atoms with Crippen molar-refractivity contribution in [2.75, 3.05) is 5.32 Å². The van der Waals surface area contributed by atoms with Gasteiger partial charge in [-0.05, 0) is 62.2 Å². The fraction of sp³-hybridized carbons (Fsp3) is 0.0714. The number of nitriles is 1. The first kappa shape index (κ1) is 14.0. The minimum Gasteiger partial charge on any atom is -0.379 e. The van der Waals surface area contributed by atoms with Crippen LogP contribution in [-0.4, -0.2) is 0 Å².